The molecule has 0 saturated carbocycles. The van der Waals surface area contributed by atoms with Crippen LogP contribution in [0.5, 0.6) is 11.5 Å². The van der Waals surface area contributed by atoms with Crippen molar-refractivity contribution in [3.05, 3.63) is 78.3 Å². The van der Waals surface area contributed by atoms with Crippen LogP contribution in [-0.2, 0) is 23.2 Å². The molecule has 0 atom stereocenters. The lowest BCUT2D eigenvalue weighted by atomic mass is 10.2. The first-order chi connectivity index (χ1) is 14.9. The summed E-state index contributed by atoms with van der Waals surface area (Å²) < 4.78 is 41.4. The molecular weight excluding hydrogens is 420 g/mol. The van der Waals surface area contributed by atoms with Gasteiger partial charge in [0.15, 0.2) is 0 Å². The fourth-order valence-corrected chi connectivity index (χ4v) is 3.85. The Morgan fingerprint density at radius 1 is 1.03 bits per heavy atom. The first kappa shape index (κ1) is 22.2. The highest BCUT2D eigenvalue weighted by Gasteiger charge is 2.21. The van der Waals surface area contributed by atoms with E-state index in [0.29, 0.717) is 23.6 Å². The Morgan fingerprint density at radius 3 is 2.42 bits per heavy atom. The maximum absolute atomic E-state index is 12.8. The topological polar surface area (TPSA) is 98.1 Å². The number of hydrogen-bond donors (Lipinski definition) is 1. The van der Waals surface area contributed by atoms with Gasteiger partial charge in [-0.05, 0) is 49.4 Å². The van der Waals surface area contributed by atoms with Gasteiger partial charge in [0.2, 0.25) is 0 Å². The van der Waals surface area contributed by atoms with Gasteiger partial charge in [0.05, 0.1) is 26.5 Å². The normalized spacial score (nSPS) is 11.0. The molecule has 3 rings (SSSR count). The molecule has 3 aromatic rings. The van der Waals surface area contributed by atoms with E-state index < -0.39 is 10.1 Å². The second-order valence-corrected chi connectivity index (χ2v) is 8.14. The standard InChI is InChI=1S/C22H24N2O6S/c1-3-23-22(25)24(16-19-8-6-14-29-19)15-17-7-4-5-9-21(17)30-31(26,27)20-12-10-18(28-2)11-13-20/h4-14H,3,15-16H2,1-2H3,(H,23,25). The maximum Gasteiger partial charge on any atom is 0.339 e. The van der Waals surface area contributed by atoms with Crippen molar-refractivity contribution < 1.29 is 26.5 Å². The molecule has 0 radical (unpaired) electrons. The zero-order valence-electron chi connectivity index (χ0n) is 17.3. The third-order valence-electron chi connectivity index (χ3n) is 4.42. The average Bonchev–Trinajstić information content (AvgIpc) is 3.28. The third kappa shape index (κ3) is 5.79. The molecule has 0 aliphatic rings. The van der Waals surface area contributed by atoms with E-state index in [9.17, 15) is 13.2 Å². The number of carbonyl (C=O) groups excluding carboxylic acids is 1. The predicted molar refractivity (Wildman–Crippen MR) is 114 cm³/mol. The minimum absolute atomic E-state index is 0.000675. The molecule has 1 N–H and O–H groups in total. The molecule has 8 nitrogen and oxygen atoms in total. The fraction of sp³-hybridized carbons (Fsp3) is 0.227. The number of urea groups is 1. The van der Waals surface area contributed by atoms with E-state index in [1.54, 1.807) is 48.5 Å². The van der Waals surface area contributed by atoms with Gasteiger partial charge < -0.3 is 23.6 Å². The average molecular weight is 445 g/mol. The van der Waals surface area contributed by atoms with Crippen LogP contribution in [0.4, 0.5) is 4.79 Å². The molecule has 0 fully saturated rings. The number of rotatable bonds is 9. The Bertz CT molecular complexity index is 1100. The molecule has 164 valence electrons. The van der Waals surface area contributed by atoms with E-state index in [4.69, 9.17) is 13.3 Å². The fourth-order valence-electron chi connectivity index (χ4n) is 2.88. The maximum atomic E-state index is 12.8. The van der Waals surface area contributed by atoms with Crippen LogP contribution in [0.1, 0.15) is 18.2 Å². The van der Waals surface area contributed by atoms with Crippen LogP contribution < -0.4 is 14.2 Å². The van der Waals surface area contributed by atoms with Crippen LogP contribution in [0.3, 0.4) is 0 Å². The first-order valence-corrected chi connectivity index (χ1v) is 11.1. The molecule has 2 amide bonds. The van der Waals surface area contributed by atoms with Gasteiger partial charge in [-0.15, -0.1) is 0 Å². The van der Waals surface area contributed by atoms with E-state index in [2.05, 4.69) is 5.32 Å². The van der Waals surface area contributed by atoms with E-state index >= 15 is 0 Å². The second kappa shape index (κ2) is 10.0. The van der Waals surface area contributed by atoms with Gasteiger partial charge in [0.25, 0.3) is 0 Å². The van der Waals surface area contributed by atoms with Crippen LogP contribution >= 0.6 is 0 Å². The van der Waals surface area contributed by atoms with Crippen molar-refractivity contribution in [2.75, 3.05) is 13.7 Å². The summed E-state index contributed by atoms with van der Waals surface area (Å²) in [5.74, 6) is 1.29. The van der Waals surface area contributed by atoms with Crippen LogP contribution in [0.2, 0.25) is 0 Å². The van der Waals surface area contributed by atoms with Gasteiger partial charge in [0, 0.05) is 12.1 Å². The zero-order chi connectivity index (χ0) is 22.3. The number of nitrogens with one attached hydrogen (secondary N) is 1. The van der Waals surface area contributed by atoms with Gasteiger partial charge in [-0.3, -0.25) is 0 Å². The van der Waals surface area contributed by atoms with Gasteiger partial charge in [-0.25, -0.2) is 4.79 Å². The molecule has 9 heteroatoms. The van der Waals surface area contributed by atoms with Crippen molar-refractivity contribution in [1.82, 2.24) is 10.2 Å². The number of furan rings is 1. The van der Waals surface area contributed by atoms with Crippen molar-refractivity contribution in [3.8, 4) is 11.5 Å². The Morgan fingerprint density at radius 2 is 1.77 bits per heavy atom. The van der Waals surface area contributed by atoms with Gasteiger partial charge in [-0.2, -0.15) is 8.42 Å². The minimum Gasteiger partial charge on any atom is -0.497 e. The van der Waals surface area contributed by atoms with Crippen LogP contribution in [0.15, 0.2) is 76.2 Å². The van der Waals surface area contributed by atoms with Gasteiger partial charge in [0.1, 0.15) is 22.2 Å². The monoisotopic (exact) mass is 444 g/mol. The van der Waals surface area contributed by atoms with Crippen molar-refractivity contribution in [2.45, 2.75) is 24.9 Å². The van der Waals surface area contributed by atoms with Crippen molar-refractivity contribution in [3.63, 3.8) is 0 Å². The van der Waals surface area contributed by atoms with Crippen molar-refractivity contribution >= 4 is 16.1 Å². The third-order valence-corrected chi connectivity index (χ3v) is 5.67. The highest BCUT2D eigenvalue weighted by molar-refractivity contribution is 7.87. The Labute approximate surface area is 181 Å². The second-order valence-electron chi connectivity index (χ2n) is 6.59. The SMILES string of the molecule is CCNC(=O)N(Cc1ccco1)Cc1ccccc1OS(=O)(=O)c1ccc(OC)cc1. The molecule has 0 bridgehead atoms. The molecule has 0 aliphatic heterocycles. The Balaban J connectivity index is 1.84. The van der Waals surface area contributed by atoms with Crippen molar-refractivity contribution in [1.29, 1.82) is 0 Å². The predicted octanol–water partition coefficient (Wildman–Crippen LogP) is 3.79. The van der Waals surface area contributed by atoms with Crippen LogP contribution in [0.25, 0.3) is 0 Å². The molecule has 0 saturated heterocycles. The number of hydrogen-bond acceptors (Lipinski definition) is 6. The van der Waals surface area contributed by atoms with Gasteiger partial charge >= 0.3 is 16.1 Å². The lowest BCUT2D eigenvalue weighted by Gasteiger charge is -2.23. The number of methoxy groups -OCH3 is 1. The summed E-state index contributed by atoms with van der Waals surface area (Å²) in [6.45, 7) is 2.62. The number of nitrogens with zero attached hydrogens (tertiary/aromatic N) is 1. The molecule has 0 aliphatic carbocycles. The molecule has 31 heavy (non-hydrogen) atoms. The number of benzene rings is 2. The first-order valence-electron chi connectivity index (χ1n) is 9.64. The minimum atomic E-state index is -4.07. The summed E-state index contributed by atoms with van der Waals surface area (Å²) in [5.41, 5.74) is 0.539. The Hall–Kier alpha value is -3.46. The number of amides is 2. The zero-order valence-corrected chi connectivity index (χ0v) is 18.1. The lowest BCUT2D eigenvalue weighted by molar-refractivity contribution is 0.187. The lowest BCUT2D eigenvalue weighted by Crippen LogP contribution is -2.39. The summed E-state index contributed by atoms with van der Waals surface area (Å²) in [6, 6.07) is 15.8. The van der Waals surface area contributed by atoms with E-state index in [1.807, 2.05) is 6.92 Å². The van der Waals surface area contributed by atoms with Crippen LogP contribution in [0, 0.1) is 0 Å². The number of carbonyl (C=O) groups is 1. The number of para-hydroxylation sites is 1. The van der Waals surface area contributed by atoms with Crippen LogP contribution in [-0.4, -0.2) is 33.0 Å². The summed E-state index contributed by atoms with van der Waals surface area (Å²) in [6.07, 6.45) is 1.53. The van der Waals surface area contributed by atoms with Crippen molar-refractivity contribution in [2.24, 2.45) is 0 Å². The largest absolute Gasteiger partial charge is 0.497 e. The quantitative estimate of drug-likeness (QED) is 0.504. The smallest absolute Gasteiger partial charge is 0.339 e. The summed E-state index contributed by atoms with van der Waals surface area (Å²) >= 11 is 0. The summed E-state index contributed by atoms with van der Waals surface area (Å²) in [4.78, 5) is 14.1. The summed E-state index contributed by atoms with van der Waals surface area (Å²) in [7, 11) is -2.57. The molecule has 0 spiro atoms. The van der Waals surface area contributed by atoms with E-state index in [-0.39, 0.29) is 29.8 Å². The Kier molecular flexibility index (Phi) is 7.19. The molecular formula is C22H24N2O6S. The van der Waals surface area contributed by atoms with E-state index in [0.717, 1.165) is 0 Å². The summed E-state index contributed by atoms with van der Waals surface area (Å²) in [5, 5.41) is 2.76. The highest BCUT2D eigenvalue weighted by Crippen LogP contribution is 2.26. The molecule has 1 aromatic heterocycles. The van der Waals surface area contributed by atoms with E-state index in [1.165, 1.54) is 30.4 Å². The number of ether oxygens (including phenoxy) is 1. The molecule has 2 aromatic carbocycles. The molecule has 1 heterocycles. The van der Waals surface area contributed by atoms with Gasteiger partial charge in [-0.1, -0.05) is 18.2 Å². The highest BCUT2D eigenvalue weighted by atomic mass is 32.2. The molecule has 0 unspecified atom stereocenters.